The molecule has 1 aromatic rings. The van der Waals surface area contributed by atoms with Crippen molar-refractivity contribution >= 4 is 35.5 Å². The number of nitrogens with one attached hydrogen (secondary N) is 2. The Morgan fingerprint density at radius 1 is 1.21 bits per heavy atom. The van der Waals surface area contributed by atoms with Crippen molar-refractivity contribution in [3.63, 3.8) is 0 Å². The van der Waals surface area contributed by atoms with Crippen molar-refractivity contribution in [1.29, 1.82) is 0 Å². The van der Waals surface area contributed by atoms with Gasteiger partial charge in [0.05, 0.1) is 12.8 Å². The second kappa shape index (κ2) is 14.1. The molecule has 1 rings (SSSR count). The van der Waals surface area contributed by atoms with E-state index in [4.69, 9.17) is 0 Å². The molecule has 0 saturated heterocycles. The molecule has 0 heterocycles. The number of hydrogen-bond acceptors (Lipinski definition) is 5. The summed E-state index contributed by atoms with van der Waals surface area (Å²) >= 11 is 1.71. The van der Waals surface area contributed by atoms with Gasteiger partial charge in [0.15, 0.2) is 0 Å². The molecular weight excluding hydrogens is 374 g/mol. The second-order valence-electron chi connectivity index (χ2n) is 6.22. The lowest BCUT2D eigenvalue weighted by molar-refractivity contribution is -0.134. The van der Waals surface area contributed by atoms with E-state index in [2.05, 4.69) is 41.0 Å². The number of esters is 1. The average molecular weight is 408 g/mol. The van der Waals surface area contributed by atoms with Crippen LogP contribution in [0.15, 0.2) is 29.2 Å². The predicted octanol–water partition coefficient (Wildman–Crippen LogP) is 4.23. The molecule has 0 radical (unpaired) electrons. The monoisotopic (exact) mass is 407 g/mol. The third-order valence-corrected chi connectivity index (χ3v) is 5.29. The SMILES string of the molecule is CCCCNC(=O)Nc1cc(/C=C/C(=O)OC)ccc1SCCN(CC)CC. The number of ether oxygens (including phenoxy) is 1. The van der Waals surface area contributed by atoms with Gasteiger partial charge in [-0.1, -0.05) is 33.3 Å². The fourth-order valence-electron chi connectivity index (χ4n) is 2.48. The van der Waals surface area contributed by atoms with Gasteiger partial charge in [-0.2, -0.15) is 0 Å². The quantitative estimate of drug-likeness (QED) is 0.235. The van der Waals surface area contributed by atoms with Gasteiger partial charge in [0.2, 0.25) is 0 Å². The number of unbranched alkanes of at least 4 members (excludes halogenated alkanes) is 1. The molecule has 2 amide bonds. The smallest absolute Gasteiger partial charge is 0.330 e. The second-order valence-corrected chi connectivity index (χ2v) is 7.36. The zero-order chi connectivity index (χ0) is 20.8. The number of methoxy groups -OCH3 is 1. The Kier molecular flexibility index (Phi) is 12.1. The maximum atomic E-state index is 12.2. The summed E-state index contributed by atoms with van der Waals surface area (Å²) in [4.78, 5) is 26.9. The van der Waals surface area contributed by atoms with Gasteiger partial charge in [-0.05, 0) is 43.3 Å². The summed E-state index contributed by atoms with van der Waals surface area (Å²) in [5, 5.41) is 5.81. The normalized spacial score (nSPS) is 11.0. The van der Waals surface area contributed by atoms with Crippen LogP contribution >= 0.6 is 11.8 Å². The predicted molar refractivity (Wildman–Crippen MR) is 118 cm³/mol. The molecule has 1 aromatic carbocycles. The van der Waals surface area contributed by atoms with Gasteiger partial charge in [0.1, 0.15) is 0 Å². The van der Waals surface area contributed by atoms with Crippen molar-refractivity contribution in [2.75, 3.05) is 44.4 Å². The summed E-state index contributed by atoms with van der Waals surface area (Å²) in [5.41, 5.74) is 1.56. The van der Waals surface area contributed by atoms with E-state index < -0.39 is 5.97 Å². The van der Waals surface area contributed by atoms with Crippen LogP contribution in [0.25, 0.3) is 6.08 Å². The first-order chi connectivity index (χ1) is 13.5. The number of anilines is 1. The van der Waals surface area contributed by atoms with Gasteiger partial charge in [-0.25, -0.2) is 9.59 Å². The average Bonchev–Trinajstić information content (AvgIpc) is 2.70. The van der Waals surface area contributed by atoms with Gasteiger partial charge < -0.3 is 20.3 Å². The highest BCUT2D eigenvalue weighted by molar-refractivity contribution is 7.99. The van der Waals surface area contributed by atoms with Crippen LogP contribution in [-0.2, 0) is 9.53 Å². The summed E-state index contributed by atoms with van der Waals surface area (Å²) in [6.45, 7) is 10.1. The van der Waals surface area contributed by atoms with Crippen LogP contribution in [0.3, 0.4) is 0 Å². The maximum absolute atomic E-state index is 12.2. The lowest BCUT2D eigenvalue weighted by atomic mass is 10.2. The summed E-state index contributed by atoms with van der Waals surface area (Å²) in [6, 6.07) is 5.57. The van der Waals surface area contributed by atoms with E-state index in [1.165, 1.54) is 13.2 Å². The Morgan fingerprint density at radius 2 is 1.96 bits per heavy atom. The third kappa shape index (κ3) is 9.28. The maximum Gasteiger partial charge on any atom is 0.330 e. The number of nitrogens with zero attached hydrogens (tertiary/aromatic N) is 1. The minimum atomic E-state index is -0.413. The van der Waals surface area contributed by atoms with Crippen LogP contribution in [0.5, 0.6) is 0 Å². The number of urea groups is 1. The largest absolute Gasteiger partial charge is 0.466 e. The number of benzene rings is 1. The van der Waals surface area contributed by atoms with Crippen LogP contribution in [-0.4, -0.2) is 55.9 Å². The van der Waals surface area contributed by atoms with Crippen molar-refractivity contribution in [3.8, 4) is 0 Å². The highest BCUT2D eigenvalue weighted by atomic mass is 32.2. The lowest BCUT2D eigenvalue weighted by Crippen LogP contribution is -2.29. The number of amides is 2. The van der Waals surface area contributed by atoms with Crippen LogP contribution in [0.4, 0.5) is 10.5 Å². The highest BCUT2D eigenvalue weighted by Gasteiger charge is 2.09. The number of carbonyl (C=O) groups is 2. The number of rotatable bonds is 12. The van der Waals surface area contributed by atoms with E-state index in [1.807, 2.05) is 18.2 Å². The molecule has 156 valence electrons. The van der Waals surface area contributed by atoms with Crippen molar-refractivity contribution < 1.29 is 14.3 Å². The topological polar surface area (TPSA) is 70.7 Å². The Labute approximate surface area is 173 Å². The zero-order valence-corrected chi connectivity index (χ0v) is 18.2. The van der Waals surface area contributed by atoms with Crippen LogP contribution in [0, 0.1) is 0 Å². The molecular formula is C21H33N3O3S. The van der Waals surface area contributed by atoms with E-state index in [1.54, 1.807) is 17.8 Å². The van der Waals surface area contributed by atoms with Crippen molar-refractivity contribution in [3.05, 3.63) is 29.8 Å². The van der Waals surface area contributed by atoms with Crippen LogP contribution in [0.1, 0.15) is 39.2 Å². The Hall–Kier alpha value is -1.99. The molecule has 0 aliphatic rings. The van der Waals surface area contributed by atoms with Gasteiger partial charge in [0.25, 0.3) is 0 Å². The van der Waals surface area contributed by atoms with E-state index in [0.29, 0.717) is 6.54 Å². The molecule has 0 atom stereocenters. The van der Waals surface area contributed by atoms with Gasteiger partial charge in [-0.15, -0.1) is 11.8 Å². The molecule has 0 fully saturated rings. The Morgan fingerprint density at radius 3 is 2.61 bits per heavy atom. The highest BCUT2D eigenvalue weighted by Crippen LogP contribution is 2.29. The summed E-state index contributed by atoms with van der Waals surface area (Å²) in [5.74, 6) is 0.523. The Bertz CT molecular complexity index is 646. The van der Waals surface area contributed by atoms with Gasteiger partial charge in [0, 0.05) is 29.8 Å². The summed E-state index contributed by atoms with van der Waals surface area (Å²) in [7, 11) is 1.34. The first kappa shape index (κ1) is 24.0. The molecule has 0 bridgehead atoms. The molecule has 2 N–H and O–H groups in total. The molecule has 0 saturated carbocycles. The van der Waals surface area contributed by atoms with Gasteiger partial charge in [-0.3, -0.25) is 0 Å². The van der Waals surface area contributed by atoms with Crippen LogP contribution in [0.2, 0.25) is 0 Å². The molecule has 0 aliphatic heterocycles. The van der Waals surface area contributed by atoms with E-state index in [9.17, 15) is 9.59 Å². The van der Waals surface area contributed by atoms with Crippen LogP contribution < -0.4 is 10.6 Å². The zero-order valence-electron chi connectivity index (χ0n) is 17.4. The van der Waals surface area contributed by atoms with Crippen molar-refractivity contribution in [2.24, 2.45) is 0 Å². The molecule has 0 spiro atoms. The minimum absolute atomic E-state index is 0.215. The first-order valence-electron chi connectivity index (χ1n) is 9.84. The Balaban J connectivity index is 2.87. The molecule has 7 heteroatoms. The fourth-order valence-corrected chi connectivity index (χ4v) is 3.48. The van der Waals surface area contributed by atoms with Gasteiger partial charge >= 0.3 is 12.0 Å². The first-order valence-corrected chi connectivity index (χ1v) is 10.8. The number of carbonyl (C=O) groups excluding carboxylic acids is 2. The summed E-state index contributed by atoms with van der Waals surface area (Å²) < 4.78 is 4.63. The number of thioether (sulfide) groups is 1. The molecule has 6 nitrogen and oxygen atoms in total. The molecule has 0 aliphatic carbocycles. The van der Waals surface area contributed by atoms with Crippen molar-refractivity contribution in [1.82, 2.24) is 10.2 Å². The lowest BCUT2D eigenvalue weighted by Gasteiger charge is -2.18. The third-order valence-electron chi connectivity index (χ3n) is 4.24. The van der Waals surface area contributed by atoms with E-state index >= 15 is 0 Å². The minimum Gasteiger partial charge on any atom is -0.466 e. The molecule has 28 heavy (non-hydrogen) atoms. The van der Waals surface area contributed by atoms with E-state index in [-0.39, 0.29) is 6.03 Å². The number of hydrogen-bond donors (Lipinski definition) is 2. The van der Waals surface area contributed by atoms with E-state index in [0.717, 1.165) is 54.4 Å². The standard InChI is InChI=1S/C21H33N3O3S/c1-5-8-13-22-21(26)23-18-16-17(10-12-20(25)27-4)9-11-19(18)28-15-14-24(6-2)7-3/h9-12,16H,5-8,13-15H2,1-4H3,(H2,22,23,26)/b12-10+. The molecule has 0 unspecified atom stereocenters. The summed E-state index contributed by atoms with van der Waals surface area (Å²) in [6.07, 6.45) is 5.02. The van der Waals surface area contributed by atoms with Crippen molar-refractivity contribution in [2.45, 2.75) is 38.5 Å². The fraction of sp³-hybridized carbons (Fsp3) is 0.524. The molecule has 0 aromatic heterocycles.